The summed E-state index contributed by atoms with van der Waals surface area (Å²) in [7, 11) is 0. The monoisotopic (exact) mass is 454 g/mol. The number of rotatable bonds is 9. The van der Waals surface area contributed by atoms with Crippen LogP contribution < -0.4 is 20.1 Å². The van der Waals surface area contributed by atoms with Gasteiger partial charge in [0.05, 0.1) is 6.61 Å². The normalized spacial score (nSPS) is 10.3. The van der Waals surface area contributed by atoms with Crippen molar-refractivity contribution in [2.45, 2.75) is 13.5 Å². The third kappa shape index (κ3) is 6.54. The Morgan fingerprint density at radius 1 is 0.897 bits per heavy atom. The molecule has 0 unspecified atom stereocenters. The fourth-order valence-electron chi connectivity index (χ4n) is 2.68. The van der Waals surface area contributed by atoms with Crippen molar-refractivity contribution in [1.29, 1.82) is 0 Å². The highest BCUT2D eigenvalue weighted by Gasteiger charge is 2.10. The molecule has 0 saturated heterocycles. The summed E-state index contributed by atoms with van der Waals surface area (Å²) in [5.74, 6) is 0.942. The number of anilines is 2. The van der Waals surface area contributed by atoms with Crippen molar-refractivity contribution in [1.82, 2.24) is 0 Å². The number of hydrogen-bond donors (Lipinski definition) is 2. The van der Waals surface area contributed by atoms with Crippen LogP contribution in [-0.4, -0.2) is 19.1 Å². The van der Waals surface area contributed by atoms with E-state index in [1.54, 1.807) is 0 Å². The summed E-state index contributed by atoms with van der Waals surface area (Å²) >= 11 is 3.43. The zero-order valence-electron chi connectivity index (χ0n) is 16.2. The molecular formula is C23H23BrN2O3. The summed E-state index contributed by atoms with van der Waals surface area (Å²) in [4.78, 5) is 12.1. The van der Waals surface area contributed by atoms with E-state index in [4.69, 9.17) is 9.47 Å². The van der Waals surface area contributed by atoms with Crippen LogP contribution in [0.4, 0.5) is 11.4 Å². The number of nitrogens with one attached hydrogen (secondary N) is 2. The number of carbonyl (C=O) groups is 1. The van der Waals surface area contributed by atoms with Crippen LogP contribution in [0.3, 0.4) is 0 Å². The van der Waals surface area contributed by atoms with Gasteiger partial charge >= 0.3 is 0 Å². The van der Waals surface area contributed by atoms with Gasteiger partial charge in [-0.2, -0.15) is 0 Å². The molecule has 0 spiro atoms. The number of para-hydroxylation sites is 1. The highest BCUT2D eigenvalue weighted by atomic mass is 79.9. The maximum atomic E-state index is 12.1. The van der Waals surface area contributed by atoms with Crippen LogP contribution in [0.2, 0.25) is 0 Å². The molecule has 0 fully saturated rings. The predicted octanol–water partition coefficient (Wildman–Crippen LogP) is 5.48. The Labute approximate surface area is 179 Å². The largest absolute Gasteiger partial charge is 0.490 e. The quantitative estimate of drug-likeness (QED) is 0.449. The molecule has 3 aromatic rings. The molecule has 0 saturated carbocycles. The minimum absolute atomic E-state index is 0.0918. The van der Waals surface area contributed by atoms with Crippen LogP contribution in [0.15, 0.2) is 77.3 Å². The Kier molecular flexibility index (Phi) is 7.53. The lowest BCUT2D eigenvalue weighted by Gasteiger charge is -2.14. The second-order valence-electron chi connectivity index (χ2n) is 6.28. The molecule has 0 atom stereocenters. The fraction of sp³-hybridized carbons (Fsp3) is 0.174. The van der Waals surface area contributed by atoms with Crippen LogP contribution >= 0.6 is 15.9 Å². The van der Waals surface area contributed by atoms with E-state index in [1.807, 2.05) is 79.7 Å². The molecule has 150 valence electrons. The molecule has 3 aromatic carbocycles. The first kappa shape index (κ1) is 20.7. The van der Waals surface area contributed by atoms with Gasteiger partial charge in [-0.05, 0) is 61.0 Å². The minimum Gasteiger partial charge on any atom is -0.490 e. The van der Waals surface area contributed by atoms with Crippen molar-refractivity contribution >= 4 is 33.2 Å². The van der Waals surface area contributed by atoms with E-state index in [-0.39, 0.29) is 12.5 Å². The maximum absolute atomic E-state index is 12.1. The van der Waals surface area contributed by atoms with Gasteiger partial charge in [0.15, 0.2) is 18.1 Å². The molecule has 0 radical (unpaired) electrons. The lowest BCUT2D eigenvalue weighted by Crippen LogP contribution is -2.20. The molecule has 0 aliphatic rings. The van der Waals surface area contributed by atoms with Gasteiger partial charge in [-0.1, -0.05) is 40.2 Å². The molecule has 3 rings (SSSR count). The third-order valence-corrected chi connectivity index (χ3v) is 4.59. The van der Waals surface area contributed by atoms with Gasteiger partial charge in [-0.3, -0.25) is 4.79 Å². The lowest BCUT2D eigenvalue weighted by atomic mass is 10.2. The first-order valence-corrected chi connectivity index (χ1v) is 10.2. The van der Waals surface area contributed by atoms with Gasteiger partial charge in [0.1, 0.15) is 0 Å². The molecule has 29 heavy (non-hydrogen) atoms. The average Bonchev–Trinajstić information content (AvgIpc) is 2.73. The summed E-state index contributed by atoms with van der Waals surface area (Å²) in [6, 6.07) is 23.0. The van der Waals surface area contributed by atoms with Gasteiger partial charge in [0.2, 0.25) is 0 Å². The zero-order valence-corrected chi connectivity index (χ0v) is 17.7. The van der Waals surface area contributed by atoms with E-state index in [2.05, 4.69) is 26.6 Å². The number of amides is 1. The molecule has 5 nitrogen and oxygen atoms in total. The summed E-state index contributed by atoms with van der Waals surface area (Å²) in [5, 5.41) is 6.17. The lowest BCUT2D eigenvalue weighted by molar-refractivity contribution is -0.118. The second-order valence-corrected chi connectivity index (χ2v) is 7.19. The molecule has 6 heteroatoms. The Hall–Kier alpha value is -2.99. The maximum Gasteiger partial charge on any atom is 0.262 e. The van der Waals surface area contributed by atoms with E-state index in [0.717, 1.165) is 21.4 Å². The van der Waals surface area contributed by atoms with Gasteiger partial charge < -0.3 is 20.1 Å². The van der Waals surface area contributed by atoms with E-state index in [1.165, 1.54) is 0 Å². The number of carbonyl (C=O) groups excluding carboxylic acids is 1. The number of halogens is 1. The van der Waals surface area contributed by atoms with Crippen LogP contribution in [-0.2, 0) is 11.3 Å². The standard InChI is InChI=1S/C23H23BrN2O3/c1-2-28-22-14-17(15-25-19-11-9-18(24)10-12-19)8-13-21(22)29-16-23(27)26-20-6-4-3-5-7-20/h3-14,25H,2,15-16H2,1H3,(H,26,27). The molecule has 0 bridgehead atoms. The molecule has 1 amide bonds. The molecule has 0 aliphatic carbocycles. The fourth-order valence-corrected chi connectivity index (χ4v) is 2.95. The Morgan fingerprint density at radius 2 is 1.66 bits per heavy atom. The van der Waals surface area contributed by atoms with Crippen LogP contribution in [0, 0.1) is 0 Å². The predicted molar refractivity (Wildman–Crippen MR) is 120 cm³/mol. The number of hydrogen-bond acceptors (Lipinski definition) is 4. The summed E-state index contributed by atoms with van der Waals surface area (Å²) < 4.78 is 12.4. The topological polar surface area (TPSA) is 59.6 Å². The SMILES string of the molecule is CCOc1cc(CNc2ccc(Br)cc2)ccc1OCC(=O)Nc1ccccc1. The molecule has 0 aliphatic heterocycles. The molecular weight excluding hydrogens is 432 g/mol. The van der Waals surface area contributed by atoms with Crippen LogP contribution in [0.1, 0.15) is 12.5 Å². The molecule has 2 N–H and O–H groups in total. The summed E-state index contributed by atoms with van der Waals surface area (Å²) in [6.45, 7) is 2.98. The van der Waals surface area contributed by atoms with Gasteiger partial charge in [0.25, 0.3) is 5.91 Å². The van der Waals surface area contributed by atoms with E-state index in [9.17, 15) is 4.79 Å². The summed E-state index contributed by atoms with van der Waals surface area (Å²) in [5.41, 5.74) is 2.82. The van der Waals surface area contributed by atoms with Crippen molar-refractivity contribution in [3.8, 4) is 11.5 Å². The van der Waals surface area contributed by atoms with E-state index >= 15 is 0 Å². The van der Waals surface area contributed by atoms with Gasteiger partial charge in [0, 0.05) is 22.4 Å². The van der Waals surface area contributed by atoms with Crippen molar-refractivity contribution < 1.29 is 14.3 Å². The molecule has 0 aromatic heterocycles. The minimum atomic E-state index is -0.223. The van der Waals surface area contributed by atoms with Crippen molar-refractivity contribution in [3.05, 3.63) is 82.8 Å². The Balaban J connectivity index is 1.59. The molecule has 0 heterocycles. The van der Waals surface area contributed by atoms with Crippen molar-refractivity contribution in [2.75, 3.05) is 23.8 Å². The number of ether oxygens (including phenoxy) is 2. The smallest absolute Gasteiger partial charge is 0.262 e. The zero-order chi connectivity index (χ0) is 20.5. The average molecular weight is 455 g/mol. The van der Waals surface area contributed by atoms with Crippen LogP contribution in [0.5, 0.6) is 11.5 Å². The Bertz CT molecular complexity index is 931. The Morgan fingerprint density at radius 3 is 2.38 bits per heavy atom. The van der Waals surface area contributed by atoms with E-state index < -0.39 is 0 Å². The number of benzene rings is 3. The summed E-state index contributed by atoms with van der Waals surface area (Å²) in [6.07, 6.45) is 0. The van der Waals surface area contributed by atoms with Crippen LogP contribution in [0.25, 0.3) is 0 Å². The first-order chi connectivity index (χ1) is 14.1. The highest BCUT2D eigenvalue weighted by molar-refractivity contribution is 9.10. The highest BCUT2D eigenvalue weighted by Crippen LogP contribution is 2.29. The third-order valence-electron chi connectivity index (χ3n) is 4.07. The van der Waals surface area contributed by atoms with Crippen molar-refractivity contribution in [3.63, 3.8) is 0 Å². The van der Waals surface area contributed by atoms with Gasteiger partial charge in [-0.15, -0.1) is 0 Å². The van der Waals surface area contributed by atoms with E-state index in [0.29, 0.717) is 24.7 Å². The van der Waals surface area contributed by atoms with Gasteiger partial charge in [-0.25, -0.2) is 0 Å². The van der Waals surface area contributed by atoms with Crippen molar-refractivity contribution in [2.24, 2.45) is 0 Å². The first-order valence-electron chi connectivity index (χ1n) is 9.37. The second kappa shape index (κ2) is 10.5.